The van der Waals surface area contributed by atoms with Crippen LogP contribution in [-0.4, -0.2) is 36.5 Å². The lowest BCUT2D eigenvalue weighted by Crippen LogP contribution is -2.27. The van der Waals surface area contributed by atoms with Crippen molar-refractivity contribution in [2.75, 3.05) is 25.5 Å². The van der Waals surface area contributed by atoms with Crippen LogP contribution in [0.2, 0.25) is 0 Å². The lowest BCUT2D eigenvalue weighted by molar-refractivity contribution is -0.117. The van der Waals surface area contributed by atoms with Gasteiger partial charge in [0, 0.05) is 48.0 Å². The molecule has 6 heteroatoms. The molecule has 0 radical (unpaired) electrons. The third-order valence-corrected chi connectivity index (χ3v) is 5.09. The van der Waals surface area contributed by atoms with Crippen LogP contribution in [0.3, 0.4) is 0 Å². The Hall–Kier alpha value is -3.15. The topological polar surface area (TPSA) is 54.5 Å². The molecule has 0 bridgehead atoms. The van der Waals surface area contributed by atoms with Crippen molar-refractivity contribution in [2.24, 2.45) is 0 Å². The summed E-state index contributed by atoms with van der Waals surface area (Å²) in [5, 5.41) is 3.37. The van der Waals surface area contributed by atoms with E-state index in [4.69, 9.17) is 4.74 Å². The number of benzene rings is 1. The molecule has 29 heavy (non-hydrogen) atoms. The van der Waals surface area contributed by atoms with E-state index >= 15 is 0 Å². The summed E-state index contributed by atoms with van der Waals surface area (Å²) in [6.45, 7) is 5.52. The normalized spacial score (nSPS) is 14.4. The van der Waals surface area contributed by atoms with Crippen LogP contribution in [0.15, 0.2) is 47.7 Å². The van der Waals surface area contributed by atoms with Gasteiger partial charge in [-0.2, -0.15) is 0 Å². The number of rotatable bonds is 7. The monoisotopic (exact) mass is 395 g/mol. The molecule has 0 atom stereocenters. The van der Waals surface area contributed by atoms with Crippen molar-refractivity contribution in [3.05, 3.63) is 64.8 Å². The third kappa shape index (κ3) is 4.83. The molecule has 0 aliphatic carbocycles. The first-order chi connectivity index (χ1) is 14.0. The number of allylic oxidation sites excluding steroid dienone is 1. The van der Waals surface area contributed by atoms with E-state index in [2.05, 4.69) is 36.3 Å². The zero-order valence-electron chi connectivity index (χ0n) is 17.0. The van der Waals surface area contributed by atoms with E-state index in [1.807, 2.05) is 6.07 Å². The van der Waals surface area contributed by atoms with Crippen LogP contribution < -0.4 is 10.1 Å². The molecule has 0 saturated heterocycles. The van der Waals surface area contributed by atoms with Crippen LogP contribution in [0.1, 0.15) is 31.5 Å². The highest BCUT2D eigenvalue weighted by Gasteiger charge is 2.13. The van der Waals surface area contributed by atoms with Crippen molar-refractivity contribution in [1.29, 1.82) is 0 Å². The lowest BCUT2D eigenvalue weighted by Gasteiger charge is -2.23. The molecule has 1 N–H and O–H groups in total. The fraction of sp³-hybridized carbons (Fsp3) is 0.304. The van der Waals surface area contributed by atoms with E-state index in [0.717, 1.165) is 54.0 Å². The standard InChI is InChI=1S/C23H26FN3O2/c1-4-21-19(13-16(2)17-8-11-27(15-28)12-9-17)22(7-10-25-21)26-18-5-6-20(24)23(14-18)29-3/h5-8,10,13-15H,4,9,11-12H2,1-3H3,(H,25,26)/b16-13+. The van der Waals surface area contributed by atoms with E-state index in [9.17, 15) is 9.18 Å². The minimum Gasteiger partial charge on any atom is -0.494 e. The summed E-state index contributed by atoms with van der Waals surface area (Å²) < 4.78 is 18.8. The maximum absolute atomic E-state index is 13.7. The highest BCUT2D eigenvalue weighted by Crippen LogP contribution is 2.30. The highest BCUT2D eigenvalue weighted by molar-refractivity contribution is 5.75. The van der Waals surface area contributed by atoms with Gasteiger partial charge in [-0.1, -0.05) is 13.0 Å². The van der Waals surface area contributed by atoms with Crippen molar-refractivity contribution in [3.63, 3.8) is 0 Å². The Kier molecular flexibility index (Phi) is 6.65. The van der Waals surface area contributed by atoms with Gasteiger partial charge < -0.3 is 15.0 Å². The number of carbonyl (C=O) groups is 1. The maximum atomic E-state index is 13.7. The number of anilines is 2. The van der Waals surface area contributed by atoms with Crippen LogP contribution >= 0.6 is 0 Å². The number of amides is 1. The van der Waals surface area contributed by atoms with Crippen molar-refractivity contribution >= 4 is 23.9 Å². The van der Waals surface area contributed by atoms with Gasteiger partial charge in [0.25, 0.3) is 0 Å². The molecule has 1 aromatic carbocycles. The lowest BCUT2D eigenvalue weighted by atomic mass is 9.97. The van der Waals surface area contributed by atoms with Gasteiger partial charge in [-0.05, 0) is 55.2 Å². The Morgan fingerprint density at radius 3 is 2.86 bits per heavy atom. The predicted molar refractivity (Wildman–Crippen MR) is 114 cm³/mol. The number of nitrogens with zero attached hydrogens (tertiary/aromatic N) is 2. The minimum atomic E-state index is -0.397. The zero-order chi connectivity index (χ0) is 20.8. The summed E-state index contributed by atoms with van der Waals surface area (Å²) in [7, 11) is 1.45. The van der Waals surface area contributed by atoms with Crippen molar-refractivity contribution in [1.82, 2.24) is 9.88 Å². The second-order valence-electron chi connectivity index (χ2n) is 6.95. The Bertz CT molecular complexity index is 953. The Balaban J connectivity index is 1.94. The molecule has 3 rings (SSSR count). The van der Waals surface area contributed by atoms with Crippen LogP contribution in [0.5, 0.6) is 5.75 Å². The fourth-order valence-corrected chi connectivity index (χ4v) is 3.41. The first-order valence-corrected chi connectivity index (χ1v) is 9.71. The molecule has 0 saturated carbocycles. The summed E-state index contributed by atoms with van der Waals surface area (Å²) in [6.07, 6.45) is 8.53. The van der Waals surface area contributed by atoms with Gasteiger partial charge in [0.2, 0.25) is 6.41 Å². The second-order valence-corrected chi connectivity index (χ2v) is 6.95. The summed E-state index contributed by atoms with van der Waals surface area (Å²) in [6, 6.07) is 6.62. The van der Waals surface area contributed by atoms with Crippen molar-refractivity contribution in [2.45, 2.75) is 26.7 Å². The van der Waals surface area contributed by atoms with E-state index in [0.29, 0.717) is 6.54 Å². The molecule has 1 aliphatic heterocycles. The van der Waals surface area contributed by atoms with Crippen LogP contribution in [0.4, 0.5) is 15.8 Å². The summed E-state index contributed by atoms with van der Waals surface area (Å²) in [5.74, 6) is -0.202. The smallest absolute Gasteiger partial charge is 0.209 e. The van der Waals surface area contributed by atoms with Crippen LogP contribution in [-0.2, 0) is 11.2 Å². The van der Waals surface area contributed by atoms with Gasteiger partial charge in [-0.25, -0.2) is 4.39 Å². The van der Waals surface area contributed by atoms with Gasteiger partial charge in [0.15, 0.2) is 11.6 Å². The average molecular weight is 395 g/mol. The molecular formula is C23H26FN3O2. The summed E-state index contributed by atoms with van der Waals surface area (Å²) >= 11 is 0. The molecule has 1 amide bonds. The third-order valence-electron chi connectivity index (χ3n) is 5.09. The van der Waals surface area contributed by atoms with Gasteiger partial charge >= 0.3 is 0 Å². The van der Waals surface area contributed by atoms with E-state index in [1.54, 1.807) is 23.2 Å². The quantitative estimate of drug-likeness (QED) is 0.689. The number of aromatic nitrogens is 1. The van der Waals surface area contributed by atoms with Gasteiger partial charge in [-0.3, -0.25) is 9.78 Å². The molecule has 152 valence electrons. The Morgan fingerprint density at radius 2 is 2.21 bits per heavy atom. The number of aryl methyl sites for hydroxylation is 1. The first kappa shape index (κ1) is 20.6. The number of nitrogens with one attached hydrogen (secondary N) is 1. The Morgan fingerprint density at radius 1 is 1.38 bits per heavy atom. The van der Waals surface area contributed by atoms with E-state index in [1.165, 1.54) is 18.7 Å². The van der Waals surface area contributed by atoms with Crippen LogP contribution in [0, 0.1) is 5.82 Å². The number of ether oxygens (including phenoxy) is 1. The number of methoxy groups -OCH3 is 1. The molecule has 0 unspecified atom stereocenters. The fourth-order valence-electron chi connectivity index (χ4n) is 3.41. The largest absolute Gasteiger partial charge is 0.494 e. The molecule has 1 aliphatic rings. The molecule has 1 aromatic heterocycles. The zero-order valence-corrected chi connectivity index (χ0v) is 17.0. The van der Waals surface area contributed by atoms with Gasteiger partial charge in [0.1, 0.15) is 0 Å². The molecule has 2 aromatic rings. The van der Waals surface area contributed by atoms with E-state index < -0.39 is 5.82 Å². The second kappa shape index (κ2) is 9.37. The number of carbonyl (C=O) groups excluding carboxylic acids is 1. The number of halogens is 1. The average Bonchev–Trinajstić information content (AvgIpc) is 2.76. The molecule has 0 fully saturated rings. The molecule has 0 spiro atoms. The van der Waals surface area contributed by atoms with Crippen LogP contribution in [0.25, 0.3) is 6.08 Å². The number of pyridine rings is 1. The maximum Gasteiger partial charge on any atom is 0.209 e. The Labute approximate surface area is 170 Å². The SMILES string of the molecule is CCc1nccc(Nc2ccc(F)c(OC)c2)c1/C=C(\C)C1=CCN(C=O)CC1. The van der Waals surface area contributed by atoms with Gasteiger partial charge in [-0.15, -0.1) is 0 Å². The van der Waals surface area contributed by atoms with Crippen molar-refractivity contribution in [3.8, 4) is 5.75 Å². The van der Waals surface area contributed by atoms with Crippen molar-refractivity contribution < 1.29 is 13.9 Å². The minimum absolute atomic E-state index is 0.195. The van der Waals surface area contributed by atoms with E-state index in [-0.39, 0.29) is 5.75 Å². The first-order valence-electron chi connectivity index (χ1n) is 9.71. The molecule has 5 nitrogen and oxygen atoms in total. The number of hydrogen-bond donors (Lipinski definition) is 1. The predicted octanol–water partition coefficient (Wildman–Crippen LogP) is 4.73. The molecular weight excluding hydrogens is 369 g/mol. The summed E-state index contributed by atoms with van der Waals surface area (Å²) in [5.41, 5.74) is 6.02. The number of hydrogen-bond acceptors (Lipinski definition) is 4. The molecule has 2 heterocycles. The summed E-state index contributed by atoms with van der Waals surface area (Å²) in [4.78, 5) is 17.2. The van der Waals surface area contributed by atoms with Gasteiger partial charge in [0.05, 0.1) is 7.11 Å². The highest BCUT2D eigenvalue weighted by atomic mass is 19.1.